The maximum absolute atomic E-state index is 5.49. The van der Waals surface area contributed by atoms with Gasteiger partial charge in [-0.25, -0.2) is 4.68 Å². The first-order chi connectivity index (χ1) is 10.2. The standard InChI is InChI=1S/C17H23N3O/c1-4-21-16-9-7-15(8-10-16)20-13(3)17(12(2)19-20)11-18-14-5-6-14/h7-10,14,18H,4-6,11H2,1-3H3. The number of aromatic nitrogens is 2. The number of ether oxygens (including phenoxy) is 1. The molecule has 1 N–H and O–H groups in total. The Kier molecular flexibility index (Phi) is 3.97. The van der Waals surface area contributed by atoms with E-state index in [1.807, 2.05) is 23.7 Å². The Bertz CT molecular complexity index is 612. The van der Waals surface area contributed by atoms with Gasteiger partial charge in [-0.2, -0.15) is 5.10 Å². The van der Waals surface area contributed by atoms with Crippen molar-refractivity contribution in [2.75, 3.05) is 6.61 Å². The van der Waals surface area contributed by atoms with Gasteiger partial charge in [-0.15, -0.1) is 0 Å². The lowest BCUT2D eigenvalue weighted by Gasteiger charge is -2.08. The fraction of sp³-hybridized carbons (Fsp3) is 0.471. The van der Waals surface area contributed by atoms with E-state index in [9.17, 15) is 0 Å². The topological polar surface area (TPSA) is 39.1 Å². The normalized spacial score (nSPS) is 14.4. The van der Waals surface area contributed by atoms with Gasteiger partial charge in [0.15, 0.2) is 0 Å². The molecule has 4 heteroatoms. The van der Waals surface area contributed by atoms with Crippen LogP contribution in [0.25, 0.3) is 5.69 Å². The van der Waals surface area contributed by atoms with Crippen LogP contribution >= 0.6 is 0 Å². The third-order valence-corrected chi connectivity index (χ3v) is 3.98. The highest BCUT2D eigenvalue weighted by molar-refractivity contribution is 5.40. The van der Waals surface area contributed by atoms with Gasteiger partial charge in [-0.1, -0.05) is 0 Å². The van der Waals surface area contributed by atoms with E-state index in [1.54, 1.807) is 0 Å². The predicted octanol–water partition coefficient (Wildman–Crippen LogP) is 3.14. The van der Waals surface area contributed by atoms with Crippen LogP contribution in [0.5, 0.6) is 5.75 Å². The molecule has 0 atom stereocenters. The van der Waals surface area contributed by atoms with Crippen LogP contribution < -0.4 is 10.1 Å². The molecule has 3 rings (SSSR count). The van der Waals surface area contributed by atoms with Crippen molar-refractivity contribution in [2.45, 2.75) is 46.2 Å². The Morgan fingerprint density at radius 2 is 1.95 bits per heavy atom. The quantitative estimate of drug-likeness (QED) is 0.886. The zero-order chi connectivity index (χ0) is 14.8. The minimum absolute atomic E-state index is 0.691. The van der Waals surface area contributed by atoms with Gasteiger partial charge in [0, 0.05) is 23.8 Å². The van der Waals surface area contributed by atoms with Crippen molar-refractivity contribution in [3.8, 4) is 11.4 Å². The van der Waals surface area contributed by atoms with Crippen molar-refractivity contribution < 1.29 is 4.74 Å². The van der Waals surface area contributed by atoms with E-state index in [-0.39, 0.29) is 0 Å². The molecule has 1 aliphatic carbocycles. The lowest BCUT2D eigenvalue weighted by atomic mass is 10.2. The Balaban J connectivity index is 1.82. The molecule has 4 nitrogen and oxygen atoms in total. The highest BCUT2D eigenvalue weighted by Crippen LogP contribution is 2.23. The zero-order valence-electron chi connectivity index (χ0n) is 13.0. The first-order valence-corrected chi connectivity index (χ1v) is 7.70. The number of nitrogens with zero attached hydrogens (tertiary/aromatic N) is 2. The summed E-state index contributed by atoms with van der Waals surface area (Å²) in [5.74, 6) is 0.901. The van der Waals surface area contributed by atoms with Crippen molar-refractivity contribution in [2.24, 2.45) is 0 Å². The van der Waals surface area contributed by atoms with Crippen LogP contribution in [-0.4, -0.2) is 22.4 Å². The Labute approximate surface area is 126 Å². The molecule has 0 spiro atoms. The van der Waals surface area contributed by atoms with Gasteiger partial charge in [-0.05, 0) is 57.9 Å². The third kappa shape index (κ3) is 3.10. The minimum atomic E-state index is 0.691. The summed E-state index contributed by atoms with van der Waals surface area (Å²) in [6.07, 6.45) is 2.62. The Morgan fingerprint density at radius 1 is 1.24 bits per heavy atom. The molecule has 21 heavy (non-hydrogen) atoms. The molecule has 2 aromatic rings. The molecular weight excluding hydrogens is 262 g/mol. The largest absolute Gasteiger partial charge is 0.494 e. The van der Waals surface area contributed by atoms with Crippen molar-refractivity contribution >= 4 is 0 Å². The van der Waals surface area contributed by atoms with Crippen molar-refractivity contribution in [1.82, 2.24) is 15.1 Å². The number of hydrogen-bond donors (Lipinski definition) is 1. The van der Waals surface area contributed by atoms with E-state index in [4.69, 9.17) is 9.84 Å². The first-order valence-electron chi connectivity index (χ1n) is 7.70. The highest BCUT2D eigenvalue weighted by Gasteiger charge is 2.21. The number of aryl methyl sites for hydroxylation is 1. The molecular formula is C17H23N3O. The van der Waals surface area contributed by atoms with Gasteiger partial charge in [0.05, 0.1) is 18.0 Å². The summed E-state index contributed by atoms with van der Waals surface area (Å²) < 4.78 is 7.51. The lowest BCUT2D eigenvalue weighted by molar-refractivity contribution is 0.340. The van der Waals surface area contributed by atoms with Crippen LogP contribution in [0.3, 0.4) is 0 Å². The molecule has 1 heterocycles. The summed E-state index contributed by atoms with van der Waals surface area (Å²) in [4.78, 5) is 0. The number of nitrogens with one attached hydrogen (secondary N) is 1. The van der Waals surface area contributed by atoms with E-state index in [1.165, 1.54) is 24.1 Å². The van der Waals surface area contributed by atoms with Gasteiger partial charge in [0.25, 0.3) is 0 Å². The summed E-state index contributed by atoms with van der Waals surface area (Å²) in [7, 11) is 0. The summed E-state index contributed by atoms with van der Waals surface area (Å²) in [6.45, 7) is 7.83. The molecule has 1 aromatic carbocycles. The monoisotopic (exact) mass is 285 g/mol. The van der Waals surface area contributed by atoms with E-state index < -0.39 is 0 Å². The van der Waals surface area contributed by atoms with Crippen molar-refractivity contribution in [3.63, 3.8) is 0 Å². The predicted molar refractivity (Wildman–Crippen MR) is 84.1 cm³/mol. The molecule has 0 unspecified atom stereocenters. The second kappa shape index (κ2) is 5.90. The molecule has 1 aromatic heterocycles. The average molecular weight is 285 g/mol. The maximum Gasteiger partial charge on any atom is 0.119 e. The number of rotatable bonds is 6. The second-order valence-corrected chi connectivity index (χ2v) is 5.64. The molecule has 1 aliphatic rings. The van der Waals surface area contributed by atoms with Crippen molar-refractivity contribution in [3.05, 3.63) is 41.2 Å². The molecule has 112 valence electrons. The zero-order valence-corrected chi connectivity index (χ0v) is 13.0. The van der Waals surface area contributed by atoms with Crippen LogP contribution in [0, 0.1) is 13.8 Å². The molecule has 0 aliphatic heterocycles. The van der Waals surface area contributed by atoms with Gasteiger partial charge >= 0.3 is 0 Å². The molecule has 1 fully saturated rings. The Morgan fingerprint density at radius 3 is 2.57 bits per heavy atom. The van der Waals surface area contributed by atoms with Crippen LogP contribution in [0.4, 0.5) is 0 Å². The van der Waals surface area contributed by atoms with Crippen molar-refractivity contribution in [1.29, 1.82) is 0 Å². The van der Waals surface area contributed by atoms with Crippen LogP contribution in [-0.2, 0) is 6.54 Å². The third-order valence-electron chi connectivity index (χ3n) is 3.98. The van der Waals surface area contributed by atoms with Gasteiger partial charge in [0.2, 0.25) is 0 Å². The summed E-state index contributed by atoms with van der Waals surface area (Å²) >= 11 is 0. The SMILES string of the molecule is CCOc1ccc(-n2nc(C)c(CNC3CC3)c2C)cc1. The number of hydrogen-bond acceptors (Lipinski definition) is 3. The van der Waals surface area contributed by atoms with Crippen LogP contribution in [0.15, 0.2) is 24.3 Å². The summed E-state index contributed by atoms with van der Waals surface area (Å²) in [5, 5.41) is 8.26. The van der Waals surface area contributed by atoms with Gasteiger partial charge in [0.1, 0.15) is 5.75 Å². The number of benzene rings is 1. The molecule has 0 amide bonds. The Hall–Kier alpha value is -1.81. The smallest absolute Gasteiger partial charge is 0.119 e. The van der Waals surface area contributed by atoms with Gasteiger partial charge in [-0.3, -0.25) is 0 Å². The molecule has 1 saturated carbocycles. The molecule has 0 radical (unpaired) electrons. The van der Waals surface area contributed by atoms with E-state index in [0.717, 1.165) is 29.7 Å². The van der Waals surface area contributed by atoms with E-state index in [2.05, 4.69) is 31.3 Å². The van der Waals surface area contributed by atoms with E-state index >= 15 is 0 Å². The summed E-state index contributed by atoms with van der Waals surface area (Å²) in [5.41, 5.74) is 4.71. The fourth-order valence-corrected chi connectivity index (χ4v) is 2.57. The maximum atomic E-state index is 5.49. The first kappa shape index (κ1) is 14.1. The second-order valence-electron chi connectivity index (χ2n) is 5.64. The minimum Gasteiger partial charge on any atom is -0.494 e. The molecule has 0 saturated heterocycles. The van der Waals surface area contributed by atoms with Crippen LogP contribution in [0.1, 0.15) is 36.7 Å². The van der Waals surface area contributed by atoms with Gasteiger partial charge < -0.3 is 10.1 Å². The lowest BCUT2D eigenvalue weighted by Crippen LogP contribution is -2.16. The molecule has 0 bridgehead atoms. The highest BCUT2D eigenvalue weighted by atomic mass is 16.5. The summed E-state index contributed by atoms with van der Waals surface area (Å²) in [6, 6.07) is 8.83. The fourth-order valence-electron chi connectivity index (χ4n) is 2.57. The average Bonchev–Trinajstić information content (AvgIpc) is 3.26. The van der Waals surface area contributed by atoms with E-state index in [0.29, 0.717) is 6.61 Å². The van der Waals surface area contributed by atoms with Crippen LogP contribution in [0.2, 0.25) is 0 Å².